The van der Waals surface area contributed by atoms with E-state index in [-0.39, 0.29) is 6.29 Å². The molecule has 0 spiro atoms. The first kappa shape index (κ1) is 14.2. The molecule has 0 fully saturated rings. The summed E-state index contributed by atoms with van der Waals surface area (Å²) in [5.41, 5.74) is 4.00. The molecule has 4 nitrogen and oxygen atoms in total. The van der Waals surface area contributed by atoms with E-state index in [4.69, 9.17) is 9.47 Å². The second kappa shape index (κ2) is 6.79. The predicted octanol–water partition coefficient (Wildman–Crippen LogP) is 1.83. The summed E-state index contributed by atoms with van der Waals surface area (Å²) in [5.74, 6) is 0. The maximum Gasteiger partial charge on any atom is 0.169 e. The zero-order chi connectivity index (χ0) is 12.8. The van der Waals surface area contributed by atoms with Crippen molar-refractivity contribution >= 4 is 0 Å². The van der Waals surface area contributed by atoms with E-state index in [1.54, 1.807) is 14.2 Å². The highest BCUT2D eigenvalue weighted by Crippen LogP contribution is 2.14. The topological polar surface area (TPSA) is 35.4 Å². The number of hydrogen-bond acceptors (Lipinski definition) is 3. The van der Waals surface area contributed by atoms with E-state index < -0.39 is 0 Å². The SMILES string of the molecule is CCn1c(C)cc(CNCC(OC)OC)c1C. The van der Waals surface area contributed by atoms with Crippen LogP contribution < -0.4 is 5.32 Å². The van der Waals surface area contributed by atoms with Crippen molar-refractivity contribution in [2.24, 2.45) is 0 Å². The highest BCUT2D eigenvalue weighted by molar-refractivity contribution is 5.26. The highest BCUT2D eigenvalue weighted by atomic mass is 16.7. The van der Waals surface area contributed by atoms with Crippen LogP contribution in [0.15, 0.2) is 6.07 Å². The third-order valence-corrected chi connectivity index (χ3v) is 3.15. The molecule has 0 aromatic carbocycles. The van der Waals surface area contributed by atoms with E-state index in [2.05, 4.69) is 36.7 Å². The van der Waals surface area contributed by atoms with Gasteiger partial charge >= 0.3 is 0 Å². The summed E-state index contributed by atoms with van der Waals surface area (Å²) in [5, 5.41) is 3.35. The van der Waals surface area contributed by atoms with Gasteiger partial charge in [-0.1, -0.05) is 0 Å². The molecular formula is C13H24N2O2. The van der Waals surface area contributed by atoms with E-state index in [1.807, 2.05) is 0 Å². The number of methoxy groups -OCH3 is 2. The zero-order valence-corrected chi connectivity index (χ0v) is 11.5. The lowest BCUT2D eigenvalue weighted by Gasteiger charge is -2.14. The van der Waals surface area contributed by atoms with Crippen molar-refractivity contribution in [1.82, 2.24) is 9.88 Å². The molecule has 0 saturated carbocycles. The standard InChI is InChI=1S/C13H24N2O2/c1-6-15-10(2)7-12(11(15)3)8-14-9-13(16-4)17-5/h7,13-14H,6,8-9H2,1-5H3. The third-order valence-electron chi connectivity index (χ3n) is 3.15. The fourth-order valence-corrected chi connectivity index (χ4v) is 2.13. The first-order chi connectivity index (χ1) is 8.13. The van der Waals surface area contributed by atoms with Gasteiger partial charge in [-0.2, -0.15) is 0 Å². The molecule has 0 radical (unpaired) electrons. The lowest BCUT2D eigenvalue weighted by atomic mass is 10.2. The van der Waals surface area contributed by atoms with Crippen molar-refractivity contribution < 1.29 is 9.47 Å². The summed E-state index contributed by atoms with van der Waals surface area (Å²) in [6, 6.07) is 2.24. The molecule has 0 aliphatic carbocycles. The molecule has 0 unspecified atom stereocenters. The Morgan fingerprint density at radius 1 is 1.29 bits per heavy atom. The van der Waals surface area contributed by atoms with Gasteiger partial charge in [0.15, 0.2) is 6.29 Å². The average Bonchev–Trinajstić information content (AvgIpc) is 2.60. The van der Waals surface area contributed by atoms with Crippen molar-refractivity contribution in [3.8, 4) is 0 Å². The van der Waals surface area contributed by atoms with Crippen LogP contribution in [0.3, 0.4) is 0 Å². The summed E-state index contributed by atoms with van der Waals surface area (Å²) in [6.07, 6.45) is -0.176. The van der Waals surface area contributed by atoms with E-state index >= 15 is 0 Å². The van der Waals surface area contributed by atoms with E-state index in [9.17, 15) is 0 Å². The highest BCUT2D eigenvalue weighted by Gasteiger charge is 2.08. The first-order valence-corrected chi connectivity index (χ1v) is 6.05. The summed E-state index contributed by atoms with van der Waals surface area (Å²) < 4.78 is 12.6. The first-order valence-electron chi connectivity index (χ1n) is 6.05. The average molecular weight is 240 g/mol. The quantitative estimate of drug-likeness (QED) is 0.739. The largest absolute Gasteiger partial charge is 0.355 e. The Morgan fingerprint density at radius 2 is 1.94 bits per heavy atom. The molecule has 1 heterocycles. The molecule has 17 heavy (non-hydrogen) atoms. The van der Waals surface area contributed by atoms with Crippen LogP contribution in [0.5, 0.6) is 0 Å². The van der Waals surface area contributed by atoms with Crippen LogP contribution in [0.1, 0.15) is 23.9 Å². The van der Waals surface area contributed by atoms with E-state index in [0.29, 0.717) is 6.54 Å². The fraction of sp³-hybridized carbons (Fsp3) is 0.692. The molecule has 1 aromatic heterocycles. The minimum absolute atomic E-state index is 0.176. The number of hydrogen-bond donors (Lipinski definition) is 1. The van der Waals surface area contributed by atoms with Crippen LogP contribution in [-0.4, -0.2) is 31.6 Å². The maximum absolute atomic E-state index is 5.13. The molecule has 4 heteroatoms. The van der Waals surface area contributed by atoms with Gasteiger partial charge < -0.3 is 19.4 Å². The zero-order valence-electron chi connectivity index (χ0n) is 11.5. The molecule has 1 rings (SSSR count). The molecule has 0 bridgehead atoms. The number of nitrogens with zero attached hydrogens (tertiary/aromatic N) is 1. The summed E-state index contributed by atoms with van der Waals surface area (Å²) in [4.78, 5) is 0. The van der Waals surface area contributed by atoms with Crippen molar-refractivity contribution in [3.05, 3.63) is 23.0 Å². The maximum atomic E-state index is 5.13. The Morgan fingerprint density at radius 3 is 2.41 bits per heavy atom. The van der Waals surface area contributed by atoms with Crippen LogP contribution in [0.2, 0.25) is 0 Å². The lowest BCUT2D eigenvalue weighted by molar-refractivity contribution is -0.0989. The van der Waals surface area contributed by atoms with Crippen molar-refractivity contribution in [3.63, 3.8) is 0 Å². The lowest BCUT2D eigenvalue weighted by Crippen LogP contribution is -2.29. The molecular weight excluding hydrogens is 216 g/mol. The van der Waals surface area contributed by atoms with Gasteiger partial charge in [0.25, 0.3) is 0 Å². The van der Waals surface area contributed by atoms with Crippen LogP contribution in [0, 0.1) is 13.8 Å². The van der Waals surface area contributed by atoms with Crippen molar-refractivity contribution in [1.29, 1.82) is 0 Å². The Balaban J connectivity index is 2.52. The van der Waals surface area contributed by atoms with Crippen molar-refractivity contribution in [2.45, 2.75) is 40.2 Å². The monoisotopic (exact) mass is 240 g/mol. The Kier molecular flexibility index (Phi) is 5.68. The molecule has 0 saturated heterocycles. The number of nitrogens with one attached hydrogen (secondary N) is 1. The van der Waals surface area contributed by atoms with E-state index in [1.165, 1.54) is 17.0 Å². The van der Waals surface area contributed by atoms with Crippen molar-refractivity contribution in [2.75, 3.05) is 20.8 Å². The normalized spacial score (nSPS) is 11.4. The molecule has 0 aliphatic heterocycles. The Labute approximate surface area is 104 Å². The van der Waals surface area contributed by atoms with E-state index in [0.717, 1.165) is 13.1 Å². The van der Waals surface area contributed by atoms with Gasteiger partial charge in [-0.25, -0.2) is 0 Å². The smallest absolute Gasteiger partial charge is 0.169 e. The number of ether oxygens (including phenoxy) is 2. The van der Waals surface area contributed by atoms with Gasteiger partial charge in [-0.15, -0.1) is 0 Å². The molecule has 98 valence electrons. The van der Waals surface area contributed by atoms with Crippen LogP contribution in [0.25, 0.3) is 0 Å². The van der Waals surface area contributed by atoms with Gasteiger partial charge in [0.2, 0.25) is 0 Å². The van der Waals surface area contributed by atoms with Crippen LogP contribution in [0.4, 0.5) is 0 Å². The molecule has 1 N–H and O–H groups in total. The molecule has 0 amide bonds. The van der Waals surface area contributed by atoms with Gasteiger partial charge in [0, 0.05) is 45.2 Å². The Bertz CT molecular complexity index is 343. The van der Waals surface area contributed by atoms with Gasteiger partial charge in [-0.3, -0.25) is 0 Å². The number of aromatic nitrogens is 1. The summed E-state index contributed by atoms with van der Waals surface area (Å²) in [6.45, 7) is 9.05. The number of rotatable bonds is 7. The van der Waals surface area contributed by atoms with Gasteiger partial charge in [-0.05, 0) is 32.4 Å². The van der Waals surface area contributed by atoms with Gasteiger partial charge in [0.05, 0.1) is 0 Å². The minimum atomic E-state index is -0.176. The predicted molar refractivity (Wildman–Crippen MR) is 69.1 cm³/mol. The van der Waals surface area contributed by atoms with Gasteiger partial charge in [0.1, 0.15) is 0 Å². The second-order valence-corrected chi connectivity index (χ2v) is 4.17. The number of aryl methyl sites for hydroxylation is 1. The summed E-state index contributed by atoms with van der Waals surface area (Å²) in [7, 11) is 3.30. The van der Waals surface area contributed by atoms with Crippen LogP contribution in [-0.2, 0) is 22.6 Å². The fourth-order valence-electron chi connectivity index (χ4n) is 2.13. The third kappa shape index (κ3) is 3.56. The van der Waals surface area contributed by atoms with Crippen LogP contribution >= 0.6 is 0 Å². The second-order valence-electron chi connectivity index (χ2n) is 4.17. The molecule has 1 aromatic rings. The summed E-state index contributed by atoms with van der Waals surface area (Å²) >= 11 is 0. The molecule has 0 aliphatic rings. The minimum Gasteiger partial charge on any atom is -0.355 e. The molecule has 0 atom stereocenters. The Hall–Kier alpha value is -0.840.